The second kappa shape index (κ2) is 4.88. The number of allylic oxidation sites excluding steroid dienone is 4. The Balaban J connectivity index is 2.37. The van der Waals surface area contributed by atoms with Gasteiger partial charge in [0.25, 0.3) is 0 Å². The minimum absolute atomic E-state index is 0.153. The molecule has 19 heavy (non-hydrogen) atoms. The van der Waals surface area contributed by atoms with Crippen molar-refractivity contribution in [1.29, 1.82) is 0 Å². The summed E-state index contributed by atoms with van der Waals surface area (Å²) < 4.78 is 5.32. The zero-order valence-electron chi connectivity index (χ0n) is 12.9. The van der Waals surface area contributed by atoms with Crippen molar-refractivity contribution < 1.29 is 4.74 Å². The Labute approximate surface area is 117 Å². The molecule has 0 aromatic heterocycles. The second-order valence-corrected chi connectivity index (χ2v) is 5.86. The topological polar surface area (TPSA) is 9.23 Å². The fourth-order valence-electron chi connectivity index (χ4n) is 3.13. The number of ether oxygens (including phenoxy) is 1. The molecule has 0 bridgehead atoms. The van der Waals surface area contributed by atoms with Gasteiger partial charge in [-0.3, -0.25) is 0 Å². The predicted molar refractivity (Wildman–Crippen MR) is 81.6 cm³/mol. The van der Waals surface area contributed by atoms with Crippen LogP contribution in [0.2, 0.25) is 0 Å². The minimum atomic E-state index is 0.153. The van der Waals surface area contributed by atoms with Gasteiger partial charge in [0.15, 0.2) is 0 Å². The van der Waals surface area contributed by atoms with Gasteiger partial charge >= 0.3 is 0 Å². The van der Waals surface area contributed by atoms with Gasteiger partial charge in [-0.25, -0.2) is 0 Å². The van der Waals surface area contributed by atoms with E-state index >= 15 is 0 Å². The van der Waals surface area contributed by atoms with Crippen LogP contribution >= 0.6 is 0 Å². The molecule has 0 N–H and O–H groups in total. The van der Waals surface area contributed by atoms with Crippen molar-refractivity contribution in [1.82, 2.24) is 0 Å². The largest absolute Gasteiger partial charge is 0.497 e. The van der Waals surface area contributed by atoms with Crippen molar-refractivity contribution in [2.24, 2.45) is 5.41 Å². The van der Waals surface area contributed by atoms with E-state index in [0.29, 0.717) is 0 Å². The highest BCUT2D eigenvalue weighted by Crippen LogP contribution is 2.48. The molecule has 0 amide bonds. The van der Waals surface area contributed by atoms with Crippen molar-refractivity contribution in [3.05, 3.63) is 52.1 Å². The number of methoxy groups -OCH3 is 1. The molecule has 1 heteroatoms. The lowest BCUT2D eigenvalue weighted by molar-refractivity contribution is 0.412. The van der Waals surface area contributed by atoms with Crippen molar-refractivity contribution >= 4 is 0 Å². The fourth-order valence-corrected chi connectivity index (χ4v) is 3.13. The molecule has 0 heterocycles. The highest BCUT2D eigenvalue weighted by Gasteiger charge is 2.36. The van der Waals surface area contributed by atoms with Crippen LogP contribution in [0.4, 0.5) is 0 Å². The number of hydrogen-bond acceptors (Lipinski definition) is 1. The van der Waals surface area contributed by atoms with Gasteiger partial charge in [-0.2, -0.15) is 0 Å². The van der Waals surface area contributed by atoms with Gasteiger partial charge in [0.2, 0.25) is 0 Å². The van der Waals surface area contributed by atoms with E-state index in [-0.39, 0.29) is 5.41 Å². The van der Waals surface area contributed by atoms with Crippen molar-refractivity contribution in [3.63, 3.8) is 0 Å². The first-order valence-electron chi connectivity index (χ1n) is 6.89. The maximum absolute atomic E-state index is 5.32. The molecule has 1 aliphatic carbocycles. The van der Waals surface area contributed by atoms with Crippen molar-refractivity contribution in [3.8, 4) is 5.75 Å². The van der Waals surface area contributed by atoms with Crippen LogP contribution in [0.3, 0.4) is 0 Å². The summed E-state index contributed by atoms with van der Waals surface area (Å²) in [7, 11) is 1.72. The molecule has 1 aliphatic rings. The average Bonchev–Trinajstić information content (AvgIpc) is 2.55. The molecule has 0 saturated carbocycles. The summed E-state index contributed by atoms with van der Waals surface area (Å²) in [6.07, 6.45) is 1.04. The second-order valence-electron chi connectivity index (χ2n) is 5.86. The molecule has 0 saturated heterocycles. The predicted octanol–water partition coefficient (Wildman–Crippen LogP) is 4.93. The van der Waals surface area contributed by atoms with E-state index in [4.69, 9.17) is 4.74 Å². The molecule has 0 atom stereocenters. The third kappa shape index (κ3) is 2.22. The zero-order chi connectivity index (χ0) is 14.2. The van der Waals surface area contributed by atoms with Crippen LogP contribution < -0.4 is 4.74 Å². The Hall–Kier alpha value is -1.50. The highest BCUT2D eigenvalue weighted by atomic mass is 16.5. The quantitative estimate of drug-likeness (QED) is 0.745. The maximum atomic E-state index is 5.32. The molecule has 0 unspecified atom stereocenters. The summed E-state index contributed by atoms with van der Waals surface area (Å²) in [6, 6.07) is 8.42. The van der Waals surface area contributed by atoms with Crippen LogP contribution in [0.25, 0.3) is 0 Å². The lowest BCUT2D eigenvalue weighted by atomic mass is 9.74. The summed E-state index contributed by atoms with van der Waals surface area (Å²) in [4.78, 5) is 0. The summed E-state index contributed by atoms with van der Waals surface area (Å²) in [5, 5.41) is 0. The summed E-state index contributed by atoms with van der Waals surface area (Å²) in [6.45, 7) is 11.4. The van der Waals surface area contributed by atoms with E-state index in [0.717, 1.165) is 12.2 Å². The molecule has 0 spiro atoms. The summed E-state index contributed by atoms with van der Waals surface area (Å²) in [5.74, 6) is 0.941. The van der Waals surface area contributed by atoms with E-state index in [1.165, 1.54) is 27.9 Å². The first-order valence-corrected chi connectivity index (χ1v) is 6.89. The van der Waals surface area contributed by atoms with E-state index in [1.807, 2.05) is 6.07 Å². The lowest BCUT2D eigenvalue weighted by Crippen LogP contribution is -2.20. The van der Waals surface area contributed by atoms with E-state index in [9.17, 15) is 0 Å². The molecule has 1 nitrogen and oxygen atoms in total. The van der Waals surface area contributed by atoms with Crippen LogP contribution in [-0.2, 0) is 6.42 Å². The maximum Gasteiger partial charge on any atom is 0.119 e. The highest BCUT2D eigenvalue weighted by molar-refractivity contribution is 5.51. The molecule has 0 aliphatic heterocycles. The van der Waals surface area contributed by atoms with Crippen LogP contribution in [0, 0.1) is 5.41 Å². The molecule has 102 valence electrons. The Kier molecular flexibility index (Phi) is 3.58. The Bertz CT molecular complexity index is 537. The van der Waals surface area contributed by atoms with Crippen LogP contribution in [0.15, 0.2) is 46.6 Å². The average molecular weight is 256 g/mol. The molecule has 1 aromatic rings. The van der Waals surface area contributed by atoms with E-state index in [2.05, 4.69) is 52.8 Å². The molecule has 0 fully saturated rings. The van der Waals surface area contributed by atoms with Crippen LogP contribution in [0.1, 0.15) is 40.2 Å². The number of benzene rings is 1. The smallest absolute Gasteiger partial charge is 0.119 e. The third-order valence-corrected chi connectivity index (χ3v) is 5.03. The summed E-state index contributed by atoms with van der Waals surface area (Å²) in [5.41, 5.74) is 7.42. The first-order chi connectivity index (χ1) is 8.90. The van der Waals surface area contributed by atoms with Crippen LogP contribution in [-0.4, -0.2) is 7.11 Å². The van der Waals surface area contributed by atoms with Gasteiger partial charge in [-0.05, 0) is 63.0 Å². The van der Waals surface area contributed by atoms with Crippen molar-refractivity contribution in [2.45, 2.75) is 41.0 Å². The van der Waals surface area contributed by atoms with Crippen molar-refractivity contribution in [2.75, 3.05) is 7.11 Å². The zero-order valence-corrected chi connectivity index (χ0v) is 12.9. The van der Waals surface area contributed by atoms with Crippen LogP contribution in [0.5, 0.6) is 5.75 Å². The van der Waals surface area contributed by atoms with Gasteiger partial charge in [0.1, 0.15) is 5.75 Å². The van der Waals surface area contributed by atoms with Gasteiger partial charge in [-0.1, -0.05) is 30.2 Å². The van der Waals surface area contributed by atoms with Gasteiger partial charge in [0, 0.05) is 5.41 Å². The number of hydrogen-bond donors (Lipinski definition) is 0. The van der Waals surface area contributed by atoms with Gasteiger partial charge < -0.3 is 4.74 Å². The minimum Gasteiger partial charge on any atom is -0.497 e. The molecule has 0 radical (unpaired) electrons. The van der Waals surface area contributed by atoms with Gasteiger partial charge in [-0.15, -0.1) is 0 Å². The standard InChI is InChI=1S/C18H24O/c1-12-13(2)15(4)18(5,14(12)3)11-16-8-7-9-17(10-16)19-6/h7-10H,11H2,1-6H3. The monoisotopic (exact) mass is 256 g/mol. The normalized spacial score (nSPS) is 18.2. The molecule has 1 aromatic carbocycles. The lowest BCUT2D eigenvalue weighted by Gasteiger charge is -2.29. The Morgan fingerprint density at radius 3 is 2.11 bits per heavy atom. The Morgan fingerprint density at radius 2 is 1.58 bits per heavy atom. The molecular weight excluding hydrogens is 232 g/mol. The van der Waals surface area contributed by atoms with E-state index < -0.39 is 0 Å². The molecular formula is C18H24O. The summed E-state index contributed by atoms with van der Waals surface area (Å²) >= 11 is 0. The first kappa shape index (κ1) is 13.9. The number of rotatable bonds is 3. The molecule has 2 rings (SSSR count). The third-order valence-electron chi connectivity index (χ3n) is 5.03. The fraction of sp³-hybridized carbons (Fsp3) is 0.444. The van der Waals surface area contributed by atoms with Gasteiger partial charge in [0.05, 0.1) is 7.11 Å². The van der Waals surface area contributed by atoms with E-state index in [1.54, 1.807) is 7.11 Å². The Morgan fingerprint density at radius 1 is 1.00 bits per heavy atom. The SMILES string of the molecule is COc1cccc(CC2(C)C(C)=C(C)C(C)=C2C)c1.